The normalized spacial score (nSPS) is 10.4. The number of aryl methyl sites for hydroxylation is 1. The van der Waals surface area contributed by atoms with Gasteiger partial charge in [-0.05, 0) is 25.1 Å². The zero-order valence-electron chi connectivity index (χ0n) is 8.85. The molecule has 0 aliphatic rings. The smallest absolute Gasteiger partial charge is 0.168 e. The molecule has 0 fully saturated rings. The molecule has 0 radical (unpaired) electrons. The first kappa shape index (κ1) is 11.1. The molecule has 0 bridgehead atoms. The number of aromatic nitrogens is 2. The van der Waals surface area contributed by atoms with Crippen LogP contribution in [0.5, 0.6) is 0 Å². The van der Waals surface area contributed by atoms with Crippen molar-refractivity contribution in [3.05, 3.63) is 40.5 Å². The lowest BCUT2D eigenvalue weighted by atomic mass is 10.1. The van der Waals surface area contributed by atoms with Gasteiger partial charge in [0.15, 0.2) is 6.29 Å². The zero-order valence-corrected chi connectivity index (χ0v) is 10.4. The Hall–Kier alpha value is -1.42. The minimum atomic E-state index is 0.611. The van der Waals surface area contributed by atoms with E-state index < -0.39 is 0 Å². The average molecular weight is 279 g/mol. The van der Waals surface area contributed by atoms with Crippen molar-refractivity contribution in [1.82, 2.24) is 9.78 Å². The molecule has 0 unspecified atom stereocenters. The fourth-order valence-corrected chi connectivity index (χ4v) is 1.81. The molecule has 2 rings (SSSR count). The number of carbonyl (C=O) groups is 1. The number of hydrogen-bond donors (Lipinski definition) is 0. The summed E-state index contributed by atoms with van der Waals surface area (Å²) >= 11 is 3.38. The van der Waals surface area contributed by atoms with Crippen LogP contribution in [0, 0.1) is 0 Å². The molecule has 0 aliphatic heterocycles. The Labute approximate surface area is 102 Å². The molecular formula is C12H11BrN2O. The summed E-state index contributed by atoms with van der Waals surface area (Å²) in [6.07, 6.45) is 0.832. The van der Waals surface area contributed by atoms with E-state index in [0.717, 1.165) is 22.0 Å². The van der Waals surface area contributed by atoms with E-state index in [4.69, 9.17) is 0 Å². The summed E-state index contributed by atoms with van der Waals surface area (Å²) < 4.78 is 2.73. The third-order valence-corrected chi connectivity index (χ3v) is 2.90. The standard InChI is InChI=1S/C12H11BrN2O/c1-2-15-11(8-16)7-12(14-15)9-3-5-10(13)6-4-9/h3-8H,2H2,1H3. The van der Waals surface area contributed by atoms with Gasteiger partial charge in [0.25, 0.3) is 0 Å². The van der Waals surface area contributed by atoms with Crippen LogP contribution in [0.1, 0.15) is 17.4 Å². The molecule has 0 spiro atoms. The van der Waals surface area contributed by atoms with Crippen molar-refractivity contribution in [1.29, 1.82) is 0 Å². The number of nitrogens with zero attached hydrogens (tertiary/aromatic N) is 2. The number of halogens is 1. The summed E-state index contributed by atoms with van der Waals surface area (Å²) in [7, 11) is 0. The van der Waals surface area contributed by atoms with E-state index in [1.165, 1.54) is 0 Å². The van der Waals surface area contributed by atoms with Gasteiger partial charge in [-0.1, -0.05) is 28.1 Å². The molecule has 1 aromatic carbocycles. The van der Waals surface area contributed by atoms with Crippen molar-refractivity contribution < 1.29 is 4.79 Å². The second-order valence-electron chi connectivity index (χ2n) is 3.39. The SMILES string of the molecule is CCn1nc(-c2ccc(Br)cc2)cc1C=O. The van der Waals surface area contributed by atoms with Crippen LogP contribution in [0.4, 0.5) is 0 Å². The van der Waals surface area contributed by atoms with E-state index >= 15 is 0 Å². The molecule has 0 N–H and O–H groups in total. The summed E-state index contributed by atoms with van der Waals surface area (Å²) in [6, 6.07) is 9.67. The van der Waals surface area contributed by atoms with Crippen molar-refractivity contribution in [2.45, 2.75) is 13.5 Å². The maximum absolute atomic E-state index is 10.8. The highest BCUT2D eigenvalue weighted by Crippen LogP contribution is 2.21. The third kappa shape index (κ3) is 2.07. The summed E-state index contributed by atoms with van der Waals surface area (Å²) in [5.41, 5.74) is 2.45. The van der Waals surface area contributed by atoms with E-state index in [2.05, 4.69) is 21.0 Å². The topological polar surface area (TPSA) is 34.9 Å². The lowest BCUT2D eigenvalue weighted by Gasteiger charge is -1.97. The predicted octanol–water partition coefficient (Wildman–Crippen LogP) is 3.15. The van der Waals surface area contributed by atoms with Crippen molar-refractivity contribution in [3.63, 3.8) is 0 Å². The van der Waals surface area contributed by atoms with Gasteiger partial charge < -0.3 is 0 Å². The van der Waals surface area contributed by atoms with Crippen LogP contribution in [0.15, 0.2) is 34.8 Å². The quantitative estimate of drug-likeness (QED) is 0.809. The summed E-state index contributed by atoms with van der Waals surface area (Å²) in [4.78, 5) is 10.8. The molecule has 3 nitrogen and oxygen atoms in total. The van der Waals surface area contributed by atoms with Crippen LogP contribution < -0.4 is 0 Å². The Morgan fingerprint density at radius 1 is 1.38 bits per heavy atom. The van der Waals surface area contributed by atoms with Gasteiger partial charge in [-0.3, -0.25) is 9.48 Å². The van der Waals surface area contributed by atoms with Crippen LogP contribution in [-0.2, 0) is 6.54 Å². The van der Waals surface area contributed by atoms with Gasteiger partial charge in [-0.15, -0.1) is 0 Å². The predicted molar refractivity (Wildman–Crippen MR) is 66.4 cm³/mol. The minimum Gasteiger partial charge on any atom is -0.296 e. The van der Waals surface area contributed by atoms with Gasteiger partial charge in [0.1, 0.15) is 5.69 Å². The van der Waals surface area contributed by atoms with Gasteiger partial charge in [0.2, 0.25) is 0 Å². The minimum absolute atomic E-state index is 0.611. The second kappa shape index (κ2) is 4.61. The molecule has 1 heterocycles. The number of aldehydes is 1. The van der Waals surface area contributed by atoms with E-state index in [-0.39, 0.29) is 0 Å². The zero-order chi connectivity index (χ0) is 11.5. The first-order valence-electron chi connectivity index (χ1n) is 5.03. The number of carbonyl (C=O) groups excluding carboxylic acids is 1. The summed E-state index contributed by atoms with van der Waals surface area (Å²) in [5.74, 6) is 0. The molecule has 0 aliphatic carbocycles. The average Bonchev–Trinajstić information content (AvgIpc) is 2.73. The van der Waals surface area contributed by atoms with Crippen LogP contribution in [0.2, 0.25) is 0 Å². The second-order valence-corrected chi connectivity index (χ2v) is 4.31. The van der Waals surface area contributed by atoms with E-state index in [1.54, 1.807) is 10.7 Å². The third-order valence-electron chi connectivity index (χ3n) is 2.37. The van der Waals surface area contributed by atoms with Crippen molar-refractivity contribution in [3.8, 4) is 11.3 Å². The van der Waals surface area contributed by atoms with Gasteiger partial charge in [0, 0.05) is 16.6 Å². The van der Waals surface area contributed by atoms with Crippen LogP contribution in [0.3, 0.4) is 0 Å². The van der Waals surface area contributed by atoms with E-state index in [9.17, 15) is 4.79 Å². The van der Waals surface area contributed by atoms with E-state index in [1.807, 2.05) is 31.2 Å². The maximum Gasteiger partial charge on any atom is 0.168 e. The van der Waals surface area contributed by atoms with E-state index in [0.29, 0.717) is 12.2 Å². The van der Waals surface area contributed by atoms with Crippen molar-refractivity contribution in [2.75, 3.05) is 0 Å². The van der Waals surface area contributed by atoms with Crippen molar-refractivity contribution in [2.24, 2.45) is 0 Å². The molecule has 0 atom stereocenters. The lowest BCUT2D eigenvalue weighted by molar-refractivity contribution is 0.111. The van der Waals surface area contributed by atoms with Crippen LogP contribution in [-0.4, -0.2) is 16.1 Å². The first-order chi connectivity index (χ1) is 7.74. The highest BCUT2D eigenvalue weighted by molar-refractivity contribution is 9.10. The molecule has 1 aromatic heterocycles. The Bertz CT molecular complexity index is 502. The molecule has 0 saturated carbocycles. The van der Waals surface area contributed by atoms with Crippen LogP contribution >= 0.6 is 15.9 Å². The Balaban J connectivity index is 2.44. The molecule has 82 valence electrons. The molecule has 4 heteroatoms. The fourth-order valence-electron chi connectivity index (χ4n) is 1.54. The highest BCUT2D eigenvalue weighted by Gasteiger charge is 2.07. The molecule has 0 amide bonds. The molecule has 16 heavy (non-hydrogen) atoms. The van der Waals surface area contributed by atoms with Gasteiger partial charge in [0.05, 0.1) is 5.69 Å². The largest absolute Gasteiger partial charge is 0.296 e. The fraction of sp³-hybridized carbons (Fsp3) is 0.167. The monoisotopic (exact) mass is 278 g/mol. The Kier molecular flexibility index (Phi) is 3.19. The molecule has 2 aromatic rings. The lowest BCUT2D eigenvalue weighted by Crippen LogP contribution is -2.00. The number of benzene rings is 1. The number of rotatable bonds is 3. The Morgan fingerprint density at radius 2 is 2.06 bits per heavy atom. The highest BCUT2D eigenvalue weighted by atomic mass is 79.9. The van der Waals surface area contributed by atoms with Gasteiger partial charge in [-0.2, -0.15) is 5.10 Å². The first-order valence-corrected chi connectivity index (χ1v) is 5.83. The summed E-state index contributed by atoms with van der Waals surface area (Å²) in [6.45, 7) is 2.66. The molecular weight excluding hydrogens is 268 g/mol. The van der Waals surface area contributed by atoms with Gasteiger partial charge >= 0.3 is 0 Å². The summed E-state index contributed by atoms with van der Waals surface area (Å²) in [5, 5.41) is 4.37. The van der Waals surface area contributed by atoms with Crippen molar-refractivity contribution >= 4 is 22.2 Å². The Morgan fingerprint density at radius 3 is 2.56 bits per heavy atom. The molecule has 0 saturated heterocycles. The van der Waals surface area contributed by atoms with Gasteiger partial charge in [-0.25, -0.2) is 0 Å². The van der Waals surface area contributed by atoms with Crippen LogP contribution in [0.25, 0.3) is 11.3 Å². The number of hydrogen-bond acceptors (Lipinski definition) is 2. The maximum atomic E-state index is 10.8.